The van der Waals surface area contributed by atoms with E-state index < -0.39 is 0 Å². The first-order chi connectivity index (χ1) is 9.02. The maximum Gasteiger partial charge on any atom is 0.307 e. The van der Waals surface area contributed by atoms with Gasteiger partial charge in [0, 0.05) is 19.7 Å². The normalized spacial score (nSPS) is 10.5. The Hall–Kier alpha value is -2.17. The van der Waals surface area contributed by atoms with Gasteiger partial charge in [0.1, 0.15) is 5.82 Å². The third-order valence-corrected chi connectivity index (χ3v) is 2.54. The summed E-state index contributed by atoms with van der Waals surface area (Å²) in [6.45, 7) is 0.291. The fourth-order valence-corrected chi connectivity index (χ4v) is 1.34. The van der Waals surface area contributed by atoms with Crippen LogP contribution in [0.4, 0.5) is 4.39 Å². The minimum Gasteiger partial charge on any atom is -0.469 e. The third-order valence-electron chi connectivity index (χ3n) is 2.54. The average molecular weight is 265 g/mol. The number of carbonyl (C=O) groups excluding carboxylic acids is 2. The Morgan fingerprint density at radius 2 is 1.95 bits per heavy atom. The number of benzene rings is 1. The summed E-state index contributed by atoms with van der Waals surface area (Å²) in [7, 11) is 2.90. The van der Waals surface area contributed by atoms with Crippen LogP contribution in [0.25, 0.3) is 6.08 Å². The van der Waals surface area contributed by atoms with Crippen molar-refractivity contribution in [3.63, 3.8) is 0 Å². The number of methoxy groups -OCH3 is 1. The van der Waals surface area contributed by atoms with E-state index in [-0.39, 0.29) is 24.1 Å². The Morgan fingerprint density at radius 3 is 2.53 bits per heavy atom. The Balaban J connectivity index is 2.49. The van der Waals surface area contributed by atoms with Crippen molar-refractivity contribution in [3.8, 4) is 0 Å². The Bertz CT molecular complexity index is 468. The van der Waals surface area contributed by atoms with E-state index in [1.165, 1.54) is 30.2 Å². The summed E-state index contributed by atoms with van der Waals surface area (Å²) in [6, 6.07) is 5.80. The van der Waals surface area contributed by atoms with Crippen LogP contribution in [0.2, 0.25) is 0 Å². The lowest BCUT2D eigenvalue weighted by atomic mass is 10.2. The second kappa shape index (κ2) is 7.31. The molecular formula is C14H16FNO3. The molecule has 0 fully saturated rings. The van der Waals surface area contributed by atoms with E-state index in [4.69, 9.17) is 0 Å². The molecule has 0 aliphatic heterocycles. The molecule has 0 aliphatic rings. The number of nitrogens with zero attached hydrogens (tertiary/aromatic N) is 1. The summed E-state index contributed by atoms with van der Waals surface area (Å²) in [5, 5.41) is 0. The first kappa shape index (κ1) is 14.9. The van der Waals surface area contributed by atoms with Crippen molar-refractivity contribution in [2.75, 3.05) is 20.7 Å². The minimum absolute atomic E-state index is 0.156. The molecule has 4 nitrogen and oxygen atoms in total. The second-order valence-corrected chi connectivity index (χ2v) is 3.97. The summed E-state index contributed by atoms with van der Waals surface area (Å²) in [5.41, 5.74) is 0.733. The molecule has 0 radical (unpaired) electrons. The van der Waals surface area contributed by atoms with Crippen molar-refractivity contribution in [1.29, 1.82) is 0 Å². The summed E-state index contributed by atoms with van der Waals surface area (Å²) in [6.07, 6.45) is 3.13. The Morgan fingerprint density at radius 1 is 1.32 bits per heavy atom. The molecule has 1 aromatic rings. The fourth-order valence-electron chi connectivity index (χ4n) is 1.34. The van der Waals surface area contributed by atoms with Gasteiger partial charge in [-0.2, -0.15) is 0 Å². The van der Waals surface area contributed by atoms with E-state index >= 15 is 0 Å². The summed E-state index contributed by atoms with van der Waals surface area (Å²) >= 11 is 0. The molecule has 0 bridgehead atoms. The van der Waals surface area contributed by atoms with E-state index in [1.807, 2.05) is 0 Å². The number of likely N-dealkylation sites (N-methyl/N-ethyl adjacent to an activating group) is 1. The highest BCUT2D eigenvalue weighted by atomic mass is 19.1. The first-order valence-corrected chi connectivity index (χ1v) is 5.78. The van der Waals surface area contributed by atoms with Crippen LogP contribution in [0.3, 0.4) is 0 Å². The lowest BCUT2D eigenvalue weighted by Crippen LogP contribution is -2.27. The highest BCUT2D eigenvalue weighted by molar-refractivity contribution is 5.91. The number of ether oxygens (including phenoxy) is 1. The van der Waals surface area contributed by atoms with Gasteiger partial charge in [0.25, 0.3) is 0 Å². The van der Waals surface area contributed by atoms with Gasteiger partial charge in [-0.1, -0.05) is 12.1 Å². The van der Waals surface area contributed by atoms with Crippen LogP contribution in [0.15, 0.2) is 30.3 Å². The zero-order chi connectivity index (χ0) is 14.3. The Labute approximate surface area is 111 Å². The van der Waals surface area contributed by atoms with E-state index in [2.05, 4.69) is 4.74 Å². The van der Waals surface area contributed by atoms with Gasteiger partial charge in [0.05, 0.1) is 13.5 Å². The maximum absolute atomic E-state index is 12.7. The number of esters is 1. The third kappa shape index (κ3) is 5.33. The summed E-state index contributed by atoms with van der Waals surface area (Å²) in [4.78, 5) is 24.0. The molecule has 0 spiro atoms. The van der Waals surface area contributed by atoms with Gasteiger partial charge >= 0.3 is 5.97 Å². The molecule has 0 heterocycles. The lowest BCUT2D eigenvalue weighted by Gasteiger charge is -2.13. The van der Waals surface area contributed by atoms with Crippen molar-refractivity contribution in [2.45, 2.75) is 6.42 Å². The number of amides is 1. The standard InChI is InChI=1S/C14H16FNO3/c1-16(10-9-14(18)19-2)13(17)8-5-11-3-6-12(15)7-4-11/h3-8H,9-10H2,1-2H3/b8-5+. The molecular weight excluding hydrogens is 249 g/mol. The van der Waals surface area contributed by atoms with Crippen molar-refractivity contribution in [3.05, 3.63) is 41.7 Å². The molecule has 1 amide bonds. The number of carbonyl (C=O) groups is 2. The summed E-state index contributed by atoms with van der Waals surface area (Å²) in [5.74, 6) is -0.908. The van der Waals surface area contributed by atoms with Gasteiger partial charge in [-0.25, -0.2) is 4.39 Å². The van der Waals surface area contributed by atoms with Crippen LogP contribution in [-0.4, -0.2) is 37.5 Å². The molecule has 0 N–H and O–H groups in total. The first-order valence-electron chi connectivity index (χ1n) is 5.78. The van der Waals surface area contributed by atoms with Gasteiger partial charge < -0.3 is 9.64 Å². The number of rotatable bonds is 5. The van der Waals surface area contributed by atoms with Gasteiger partial charge in [-0.05, 0) is 23.8 Å². The molecule has 5 heteroatoms. The molecule has 0 atom stereocenters. The smallest absolute Gasteiger partial charge is 0.307 e. The van der Waals surface area contributed by atoms with E-state index in [9.17, 15) is 14.0 Å². The predicted octanol–water partition coefficient (Wildman–Crippen LogP) is 1.86. The zero-order valence-corrected chi connectivity index (χ0v) is 10.9. The highest BCUT2D eigenvalue weighted by Gasteiger charge is 2.07. The van der Waals surface area contributed by atoms with Crippen LogP contribution in [0.5, 0.6) is 0 Å². The predicted molar refractivity (Wildman–Crippen MR) is 69.7 cm³/mol. The highest BCUT2D eigenvalue weighted by Crippen LogP contribution is 2.05. The number of hydrogen-bond donors (Lipinski definition) is 0. The van der Waals surface area contributed by atoms with E-state index in [0.29, 0.717) is 6.54 Å². The lowest BCUT2D eigenvalue weighted by molar-refractivity contribution is -0.141. The molecule has 19 heavy (non-hydrogen) atoms. The van der Waals surface area contributed by atoms with Crippen LogP contribution < -0.4 is 0 Å². The van der Waals surface area contributed by atoms with Crippen LogP contribution >= 0.6 is 0 Å². The van der Waals surface area contributed by atoms with Gasteiger partial charge in [-0.3, -0.25) is 9.59 Å². The molecule has 0 aromatic heterocycles. The van der Waals surface area contributed by atoms with Crippen LogP contribution in [0.1, 0.15) is 12.0 Å². The molecule has 0 unspecified atom stereocenters. The van der Waals surface area contributed by atoms with Crippen molar-refractivity contribution in [1.82, 2.24) is 4.90 Å². The second-order valence-electron chi connectivity index (χ2n) is 3.97. The average Bonchev–Trinajstić information content (AvgIpc) is 2.43. The van der Waals surface area contributed by atoms with Gasteiger partial charge in [-0.15, -0.1) is 0 Å². The van der Waals surface area contributed by atoms with Gasteiger partial charge in [0.15, 0.2) is 0 Å². The molecule has 0 saturated heterocycles. The zero-order valence-electron chi connectivity index (χ0n) is 10.9. The van der Waals surface area contributed by atoms with E-state index in [1.54, 1.807) is 25.3 Å². The molecule has 0 aliphatic carbocycles. The molecule has 1 rings (SSSR count). The quantitative estimate of drug-likeness (QED) is 0.603. The van der Waals surface area contributed by atoms with Crippen molar-refractivity contribution in [2.24, 2.45) is 0 Å². The largest absolute Gasteiger partial charge is 0.469 e. The minimum atomic E-state index is -0.359. The Kier molecular flexibility index (Phi) is 5.73. The molecule has 102 valence electrons. The van der Waals surface area contributed by atoms with Gasteiger partial charge in [0.2, 0.25) is 5.91 Å². The van der Waals surface area contributed by atoms with Crippen molar-refractivity contribution >= 4 is 18.0 Å². The van der Waals surface area contributed by atoms with Crippen LogP contribution in [0, 0.1) is 5.82 Å². The number of hydrogen-bond acceptors (Lipinski definition) is 3. The monoisotopic (exact) mass is 265 g/mol. The number of halogens is 1. The van der Waals surface area contributed by atoms with E-state index in [0.717, 1.165) is 5.56 Å². The SMILES string of the molecule is COC(=O)CCN(C)C(=O)/C=C/c1ccc(F)cc1. The molecule has 1 aromatic carbocycles. The van der Waals surface area contributed by atoms with Crippen molar-refractivity contribution < 1.29 is 18.7 Å². The van der Waals surface area contributed by atoms with Crippen LogP contribution in [-0.2, 0) is 14.3 Å². The molecule has 0 saturated carbocycles. The fraction of sp³-hybridized carbons (Fsp3) is 0.286. The maximum atomic E-state index is 12.7. The topological polar surface area (TPSA) is 46.6 Å². The summed E-state index contributed by atoms with van der Waals surface area (Å²) < 4.78 is 17.2.